The quantitative estimate of drug-likeness (QED) is 0.402. The van der Waals surface area contributed by atoms with Gasteiger partial charge in [-0.2, -0.15) is 0 Å². The van der Waals surface area contributed by atoms with Gasteiger partial charge in [0.05, 0.1) is 6.10 Å². The number of carbonyl (C=O) groups excluding carboxylic acids is 1. The summed E-state index contributed by atoms with van der Waals surface area (Å²) in [6, 6.07) is 0. The van der Waals surface area contributed by atoms with Crippen LogP contribution in [0.3, 0.4) is 0 Å². The topological polar surface area (TPSA) is 98.5 Å². The Morgan fingerprint density at radius 2 is 2.47 bits per heavy atom. The van der Waals surface area contributed by atoms with Crippen LogP contribution in [0.5, 0.6) is 0 Å². The Bertz CT molecular complexity index is 277. The van der Waals surface area contributed by atoms with Crippen LogP contribution in [0.1, 0.15) is 6.92 Å². The normalized spacial score (nSPS) is 25.1. The number of nitrogens with zero attached hydrogens (tertiary/aromatic N) is 4. The van der Waals surface area contributed by atoms with Crippen LogP contribution in [-0.4, -0.2) is 54.4 Å². The number of hydrogen-bond donors (Lipinski definition) is 1. The zero-order valence-corrected chi connectivity index (χ0v) is 8.54. The van der Waals surface area contributed by atoms with Gasteiger partial charge in [-0.15, -0.1) is 0 Å². The first kappa shape index (κ1) is 11.8. The lowest BCUT2D eigenvalue weighted by Crippen LogP contribution is -2.31. The maximum atomic E-state index is 11.4. The second-order valence-electron chi connectivity index (χ2n) is 3.25. The fraction of sp³-hybridized carbons (Fsp3) is 0.875. The van der Waals surface area contributed by atoms with E-state index in [2.05, 4.69) is 10.0 Å². The van der Waals surface area contributed by atoms with Crippen LogP contribution in [0.4, 0.5) is 0 Å². The van der Waals surface area contributed by atoms with Crippen molar-refractivity contribution in [2.75, 3.05) is 26.2 Å². The lowest BCUT2D eigenvalue weighted by Gasteiger charge is -2.14. The molecular formula is C8H14N4O3. The first-order valence-electron chi connectivity index (χ1n) is 4.77. The van der Waals surface area contributed by atoms with Gasteiger partial charge >= 0.3 is 0 Å². The van der Waals surface area contributed by atoms with Gasteiger partial charge in [-0.1, -0.05) is 5.11 Å². The number of azide groups is 1. The van der Waals surface area contributed by atoms with Crippen molar-refractivity contribution in [2.24, 2.45) is 5.11 Å². The summed E-state index contributed by atoms with van der Waals surface area (Å²) >= 11 is 0. The van der Waals surface area contributed by atoms with Crippen molar-refractivity contribution in [2.45, 2.75) is 19.1 Å². The molecule has 0 aliphatic carbocycles. The van der Waals surface area contributed by atoms with Crippen molar-refractivity contribution in [3.05, 3.63) is 10.4 Å². The lowest BCUT2D eigenvalue weighted by molar-refractivity contribution is -0.129. The molecule has 1 N–H and O–H groups in total. The number of carbonyl (C=O) groups is 1. The Hall–Kier alpha value is -1.30. The summed E-state index contributed by atoms with van der Waals surface area (Å²) in [4.78, 5) is 15.3. The molecule has 1 fully saturated rings. The van der Waals surface area contributed by atoms with E-state index in [1.54, 1.807) is 0 Å². The first-order chi connectivity index (χ1) is 7.19. The summed E-state index contributed by atoms with van der Waals surface area (Å²) in [6.45, 7) is 2.72. The molecule has 0 saturated carbocycles. The van der Waals surface area contributed by atoms with Crippen molar-refractivity contribution in [1.82, 2.24) is 4.90 Å². The molecule has 2 atom stereocenters. The maximum absolute atomic E-state index is 11.4. The van der Waals surface area contributed by atoms with Crippen molar-refractivity contribution >= 4 is 5.91 Å². The maximum Gasteiger partial charge on any atom is 0.228 e. The second-order valence-corrected chi connectivity index (χ2v) is 3.25. The van der Waals surface area contributed by atoms with E-state index in [-0.39, 0.29) is 25.1 Å². The predicted octanol–water partition coefficient (Wildman–Crippen LogP) is -0.0951. The SMILES string of the molecule is CCOC1CN(C(=O)CN=[N+]=[N-])CC1O. The Labute approximate surface area is 87.3 Å². The zero-order chi connectivity index (χ0) is 11.3. The molecule has 0 aromatic rings. The smallest absolute Gasteiger partial charge is 0.228 e. The summed E-state index contributed by atoms with van der Waals surface area (Å²) in [5.41, 5.74) is 8.06. The molecule has 0 bridgehead atoms. The molecule has 0 aromatic heterocycles. The van der Waals surface area contributed by atoms with Gasteiger partial charge in [0, 0.05) is 24.6 Å². The first-order valence-corrected chi connectivity index (χ1v) is 4.77. The van der Waals surface area contributed by atoms with Gasteiger partial charge in [0.2, 0.25) is 5.91 Å². The third-order valence-corrected chi connectivity index (χ3v) is 2.24. The highest BCUT2D eigenvalue weighted by molar-refractivity contribution is 5.78. The van der Waals surface area contributed by atoms with Crippen LogP contribution in [0.15, 0.2) is 5.11 Å². The van der Waals surface area contributed by atoms with Crippen LogP contribution in [0, 0.1) is 0 Å². The van der Waals surface area contributed by atoms with E-state index in [4.69, 9.17) is 10.3 Å². The molecule has 7 heteroatoms. The van der Waals surface area contributed by atoms with Gasteiger partial charge in [-0.3, -0.25) is 4.79 Å². The van der Waals surface area contributed by atoms with Crippen molar-refractivity contribution in [3.63, 3.8) is 0 Å². The highest BCUT2D eigenvalue weighted by atomic mass is 16.5. The van der Waals surface area contributed by atoms with Gasteiger partial charge < -0.3 is 14.7 Å². The predicted molar refractivity (Wildman–Crippen MR) is 52.0 cm³/mol. The summed E-state index contributed by atoms with van der Waals surface area (Å²) in [7, 11) is 0. The van der Waals surface area contributed by atoms with E-state index in [1.165, 1.54) is 4.90 Å². The van der Waals surface area contributed by atoms with Gasteiger partial charge in [-0.25, -0.2) is 0 Å². The lowest BCUT2D eigenvalue weighted by atomic mass is 10.3. The van der Waals surface area contributed by atoms with Crippen LogP contribution in [0.2, 0.25) is 0 Å². The number of aliphatic hydroxyl groups is 1. The highest BCUT2D eigenvalue weighted by Crippen LogP contribution is 2.13. The standard InChI is InChI=1S/C8H14N4O3/c1-2-15-7-5-12(4-6(7)13)8(14)3-10-11-9/h6-7,13H,2-5H2,1H3. The van der Waals surface area contributed by atoms with E-state index in [9.17, 15) is 9.90 Å². The molecule has 0 spiro atoms. The van der Waals surface area contributed by atoms with Gasteiger partial charge in [0.15, 0.2) is 0 Å². The fourth-order valence-electron chi connectivity index (χ4n) is 1.53. The van der Waals surface area contributed by atoms with E-state index in [0.717, 1.165) is 0 Å². The average Bonchev–Trinajstić information content (AvgIpc) is 2.58. The molecule has 2 unspecified atom stereocenters. The number of rotatable bonds is 4. The van der Waals surface area contributed by atoms with E-state index >= 15 is 0 Å². The van der Waals surface area contributed by atoms with E-state index in [0.29, 0.717) is 13.2 Å². The second kappa shape index (κ2) is 5.55. The van der Waals surface area contributed by atoms with Crippen molar-refractivity contribution < 1.29 is 14.6 Å². The third-order valence-electron chi connectivity index (χ3n) is 2.24. The molecule has 1 saturated heterocycles. The number of ether oxygens (including phenoxy) is 1. The summed E-state index contributed by atoms with van der Waals surface area (Å²) in [6.07, 6.45) is -0.981. The Morgan fingerprint density at radius 3 is 3.07 bits per heavy atom. The minimum absolute atomic E-state index is 0.206. The average molecular weight is 214 g/mol. The molecule has 1 aliphatic rings. The number of hydrogen-bond acceptors (Lipinski definition) is 4. The van der Waals surface area contributed by atoms with Gasteiger partial charge in [-0.05, 0) is 12.5 Å². The molecule has 0 radical (unpaired) electrons. The van der Waals surface area contributed by atoms with E-state index < -0.39 is 6.10 Å². The van der Waals surface area contributed by atoms with Crippen molar-refractivity contribution in [3.8, 4) is 0 Å². The monoisotopic (exact) mass is 214 g/mol. The van der Waals surface area contributed by atoms with Gasteiger partial charge in [0.1, 0.15) is 12.6 Å². The molecule has 1 heterocycles. The molecule has 1 aliphatic heterocycles. The Kier molecular flexibility index (Phi) is 4.36. The largest absolute Gasteiger partial charge is 0.388 e. The summed E-state index contributed by atoms with van der Waals surface area (Å²) < 4.78 is 5.25. The number of aliphatic hydroxyl groups excluding tert-OH is 1. The minimum Gasteiger partial charge on any atom is -0.388 e. The zero-order valence-electron chi connectivity index (χ0n) is 8.54. The number of likely N-dealkylation sites (tertiary alicyclic amines) is 1. The molecule has 1 rings (SSSR count). The fourth-order valence-corrected chi connectivity index (χ4v) is 1.53. The van der Waals surface area contributed by atoms with Crippen LogP contribution >= 0.6 is 0 Å². The summed E-state index contributed by atoms with van der Waals surface area (Å²) in [5, 5.41) is 12.7. The van der Waals surface area contributed by atoms with Gasteiger partial charge in [0.25, 0.3) is 0 Å². The molecule has 1 amide bonds. The summed E-state index contributed by atoms with van der Waals surface area (Å²) in [5.74, 6) is -0.283. The van der Waals surface area contributed by atoms with E-state index in [1.807, 2.05) is 6.92 Å². The van der Waals surface area contributed by atoms with Crippen LogP contribution in [0.25, 0.3) is 10.4 Å². The highest BCUT2D eigenvalue weighted by Gasteiger charge is 2.33. The number of amides is 1. The third kappa shape index (κ3) is 3.09. The molecular weight excluding hydrogens is 200 g/mol. The number of β-amino-alcohol motifs (C(OH)–C–C–N with tert-alkyl or cyclic N) is 1. The van der Waals surface area contributed by atoms with Crippen LogP contribution in [-0.2, 0) is 9.53 Å². The Balaban J connectivity index is 2.46. The molecule has 15 heavy (non-hydrogen) atoms. The van der Waals surface area contributed by atoms with Crippen molar-refractivity contribution in [1.29, 1.82) is 0 Å². The molecule has 0 aromatic carbocycles. The minimum atomic E-state index is -0.653. The molecule has 7 nitrogen and oxygen atoms in total. The molecule has 84 valence electrons. The van der Waals surface area contributed by atoms with Crippen LogP contribution < -0.4 is 0 Å². The Morgan fingerprint density at radius 1 is 1.73 bits per heavy atom.